The van der Waals surface area contributed by atoms with Crippen LogP contribution in [0.2, 0.25) is 0 Å². The summed E-state index contributed by atoms with van der Waals surface area (Å²) in [5, 5.41) is 3.11. The van der Waals surface area contributed by atoms with E-state index in [0.29, 0.717) is 6.54 Å². The fraction of sp³-hybridized carbons (Fsp3) is 0.682. The largest absolute Gasteiger partial charge is 0.489 e. The Balaban J connectivity index is 1.48. The molecule has 1 aromatic rings. The minimum absolute atomic E-state index is 0.114. The second kappa shape index (κ2) is 10.8. The number of likely N-dealkylation sites (N-methyl/N-ethyl adjacent to an activating group) is 1. The fourth-order valence-corrected chi connectivity index (χ4v) is 3.95. The molecule has 1 unspecified atom stereocenters. The van der Waals surface area contributed by atoms with Gasteiger partial charge in [-0.05, 0) is 26.0 Å². The Morgan fingerprint density at radius 1 is 1.18 bits per heavy atom. The summed E-state index contributed by atoms with van der Waals surface area (Å²) in [6, 6.07) is 8.23. The van der Waals surface area contributed by atoms with Gasteiger partial charge in [0.25, 0.3) is 0 Å². The van der Waals surface area contributed by atoms with Crippen LogP contribution >= 0.6 is 0 Å². The number of ether oxygens (including phenoxy) is 1. The molecule has 0 aliphatic carbocycles. The maximum atomic E-state index is 12.5. The van der Waals surface area contributed by atoms with Gasteiger partial charge in [-0.15, -0.1) is 0 Å². The van der Waals surface area contributed by atoms with E-state index >= 15 is 0 Å². The van der Waals surface area contributed by atoms with E-state index < -0.39 is 0 Å². The van der Waals surface area contributed by atoms with Crippen molar-refractivity contribution in [1.29, 1.82) is 0 Å². The van der Waals surface area contributed by atoms with Gasteiger partial charge in [-0.2, -0.15) is 0 Å². The number of piperazine rings is 1. The molecule has 6 nitrogen and oxygen atoms in total. The number of hydrogen-bond acceptors (Lipinski definition) is 5. The number of nitrogens with one attached hydrogen (secondary N) is 1. The van der Waals surface area contributed by atoms with Gasteiger partial charge < -0.3 is 15.0 Å². The predicted octanol–water partition coefficient (Wildman–Crippen LogP) is 1.80. The second-order valence-corrected chi connectivity index (χ2v) is 8.15. The van der Waals surface area contributed by atoms with Crippen LogP contribution in [0.1, 0.15) is 31.7 Å². The van der Waals surface area contributed by atoms with Crippen molar-refractivity contribution in [3.8, 4) is 5.75 Å². The van der Waals surface area contributed by atoms with Crippen LogP contribution in [0.25, 0.3) is 0 Å². The SMILES string of the molecule is CCCCC1CN(CC(=O)NCCN2CCN(C)CC2)Cc2ccccc2O1. The number of rotatable bonds is 8. The molecule has 2 aliphatic heterocycles. The summed E-state index contributed by atoms with van der Waals surface area (Å²) >= 11 is 0. The van der Waals surface area contributed by atoms with E-state index in [1.807, 2.05) is 18.2 Å². The standard InChI is InChI=1S/C22H36N4O2/c1-3-4-8-20-17-26(16-19-7-5-6-9-21(19)28-20)18-22(27)23-10-11-25-14-12-24(2)13-15-25/h5-7,9,20H,3-4,8,10-18H2,1-2H3,(H,23,27). The molecule has 0 saturated carbocycles. The quantitative estimate of drug-likeness (QED) is 0.736. The van der Waals surface area contributed by atoms with Crippen LogP contribution in [-0.2, 0) is 11.3 Å². The van der Waals surface area contributed by atoms with Crippen molar-refractivity contribution < 1.29 is 9.53 Å². The molecule has 2 heterocycles. The van der Waals surface area contributed by atoms with E-state index in [1.54, 1.807) is 0 Å². The highest BCUT2D eigenvalue weighted by atomic mass is 16.5. The zero-order valence-corrected chi connectivity index (χ0v) is 17.5. The number of amides is 1. The highest BCUT2D eigenvalue weighted by Gasteiger charge is 2.24. The summed E-state index contributed by atoms with van der Waals surface area (Å²) in [5.41, 5.74) is 1.17. The molecule has 0 bridgehead atoms. The topological polar surface area (TPSA) is 48.1 Å². The number of para-hydroxylation sites is 1. The molecule has 0 aromatic heterocycles. The van der Waals surface area contributed by atoms with Gasteiger partial charge in [0, 0.05) is 57.9 Å². The Kier molecular flexibility index (Phi) is 8.13. The number of carbonyl (C=O) groups is 1. The molecule has 1 fully saturated rings. The van der Waals surface area contributed by atoms with E-state index in [2.05, 4.69) is 40.1 Å². The minimum Gasteiger partial charge on any atom is -0.489 e. The zero-order chi connectivity index (χ0) is 19.8. The predicted molar refractivity (Wildman–Crippen MR) is 113 cm³/mol. The molecule has 1 aromatic carbocycles. The van der Waals surface area contributed by atoms with Crippen LogP contribution in [0.4, 0.5) is 0 Å². The van der Waals surface area contributed by atoms with E-state index in [9.17, 15) is 4.79 Å². The maximum Gasteiger partial charge on any atom is 0.234 e. The Morgan fingerprint density at radius 3 is 2.75 bits per heavy atom. The summed E-state index contributed by atoms with van der Waals surface area (Å²) in [6.45, 7) is 10.3. The lowest BCUT2D eigenvalue weighted by molar-refractivity contribution is -0.122. The third-order valence-electron chi connectivity index (χ3n) is 5.71. The summed E-state index contributed by atoms with van der Waals surface area (Å²) in [6.07, 6.45) is 3.50. The lowest BCUT2D eigenvalue weighted by Gasteiger charge is -2.32. The van der Waals surface area contributed by atoms with Crippen molar-refractivity contribution in [3.63, 3.8) is 0 Å². The molecule has 6 heteroatoms. The second-order valence-electron chi connectivity index (χ2n) is 8.15. The first kappa shape index (κ1) is 21.1. The van der Waals surface area contributed by atoms with Gasteiger partial charge in [0.05, 0.1) is 6.54 Å². The molecule has 28 heavy (non-hydrogen) atoms. The average Bonchev–Trinajstić information content (AvgIpc) is 2.86. The summed E-state index contributed by atoms with van der Waals surface area (Å²) in [7, 11) is 2.16. The monoisotopic (exact) mass is 388 g/mol. The Labute approximate surface area is 169 Å². The van der Waals surface area contributed by atoms with Crippen molar-refractivity contribution in [3.05, 3.63) is 29.8 Å². The number of hydrogen-bond donors (Lipinski definition) is 1. The van der Waals surface area contributed by atoms with Crippen LogP contribution in [0, 0.1) is 0 Å². The first-order valence-corrected chi connectivity index (χ1v) is 10.8. The van der Waals surface area contributed by atoms with Crippen molar-refractivity contribution in [2.45, 2.75) is 38.8 Å². The Bertz CT molecular complexity index is 616. The van der Waals surface area contributed by atoms with E-state index in [1.165, 1.54) is 5.56 Å². The lowest BCUT2D eigenvalue weighted by Crippen LogP contribution is -2.47. The van der Waals surface area contributed by atoms with Gasteiger partial charge in [-0.25, -0.2) is 0 Å². The van der Waals surface area contributed by atoms with Crippen LogP contribution < -0.4 is 10.1 Å². The third-order valence-corrected chi connectivity index (χ3v) is 5.71. The molecule has 2 aliphatic rings. The highest BCUT2D eigenvalue weighted by molar-refractivity contribution is 5.78. The minimum atomic E-state index is 0.114. The Morgan fingerprint density at radius 2 is 1.96 bits per heavy atom. The molecule has 0 radical (unpaired) electrons. The zero-order valence-electron chi connectivity index (χ0n) is 17.5. The number of unbranched alkanes of at least 4 members (excludes halogenated alkanes) is 1. The molecular weight excluding hydrogens is 352 g/mol. The normalized spacial score (nSPS) is 21.6. The number of nitrogens with zero attached hydrogens (tertiary/aromatic N) is 3. The smallest absolute Gasteiger partial charge is 0.234 e. The first-order chi connectivity index (χ1) is 13.6. The van der Waals surface area contributed by atoms with Crippen molar-refractivity contribution >= 4 is 5.91 Å². The fourth-order valence-electron chi connectivity index (χ4n) is 3.95. The van der Waals surface area contributed by atoms with Gasteiger partial charge in [0.2, 0.25) is 5.91 Å². The van der Waals surface area contributed by atoms with Crippen molar-refractivity contribution in [2.75, 3.05) is 59.4 Å². The molecular formula is C22H36N4O2. The van der Waals surface area contributed by atoms with Gasteiger partial charge in [-0.1, -0.05) is 31.5 Å². The van der Waals surface area contributed by atoms with Crippen molar-refractivity contribution in [1.82, 2.24) is 20.0 Å². The third kappa shape index (κ3) is 6.47. The molecule has 156 valence electrons. The number of fused-ring (bicyclic) bond motifs is 1. The summed E-state index contributed by atoms with van der Waals surface area (Å²) in [5.74, 6) is 1.09. The molecule has 3 rings (SSSR count). The molecule has 1 atom stereocenters. The van der Waals surface area contributed by atoms with Gasteiger partial charge in [0.1, 0.15) is 11.9 Å². The lowest BCUT2D eigenvalue weighted by atomic mass is 10.1. The van der Waals surface area contributed by atoms with E-state index in [4.69, 9.17) is 4.74 Å². The molecule has 1 amide bonds. The van der Waals surface area contributed by atoms with Crippen LogP contribution in [0.5, 0.6) is 5.75 Å². The number of carbonyl (C=O) groups excluding carboxylic acids is 1. The van der Waals surface area contributed by atoms with Gasteiger partial charge in [-0.3, -0.25) is 14.6 Å². The van der Waals surface area contributed by atoms with Crippen LogP contribution in [0.15, 0.2) is 24.3 Å². The van der Waals surface area contributed by atoms with E-state index in [-0.39, 0.29) is 12.0 Å². The average molecular weight is 389 g/mol. The number of benzene rings is 1. The Hall–Kier alpha value is -1.63. The molecule has 1 saturated heterocycles. The van der Waals surface area contributed by atoms with Crippen LogP contribution in [-0.4, -0.2) is 86.1 Å². The molecule has 1 N–H and O–H groups in total. The van der Waals surface area contributed by atoms with Crippen LogP contribution in [0.3, 0.4) is 0 Å². The highest BCUT2D eigenvalue weighted by Crippen LogP contribution is 2.26. The van der Waals surface area contributed by atoms with E-state index in [0.717, 1.165) is 77.4 Å². The first-order valence-electron chi connectivity index (χ1n) is 10.8. The summed E-state index contributed by atoms with van der Waals surface area (Å²) < 4.78 is 6.26. The molecule has 0 spiro atoms. The maximum absolute atomic E-state index is 12.5. The van der Waals surface area contributed by atoms with Gasteiger partial charge in [0.15, 0.2) is 0 Å². The summed E-state index contributed by atoms with van der Waals surface area (Å²) in [4.78, 5) is 19.5. The van der Waals surface area contributed by atoms with Crippen molar-refractivity contribution in [2.24, 2.45) is 0 Å². The van der Waals surface area contributed by atoms with Gasteiger partial charge >= 0.3 is 0 Å².